The second-order valence-corrected chi connectivity index (χ2v) is 16.3. The van der Waals surface area contributed by atoms with E-state index in [0.717, 1.165) is 12.5 Å². The number of hydrogen-bond donors (Lipinski definition) is 13. The summed E-state index contributed by atoms with van der Waals surface area (Å²) in [6.45, 7) is 6.51. The number of nitrogens with one attached hydrogen (secondary N) is 8. The number of carboxylic acids is 3. The van der Waals surface area contributed by atoms with Crippen LogP contribution in [0.1, 0.15) is 89.7 Å². The average Bonchev–Trinajstić information content (AvgIpc) is 3.23. The van der Waals surface area contributed by atoms with Gasteiger partial charge in [-0.05, 0) is 94.0 Å². The standard InChI is InChI=1S/C44H63N9O14/c1-24(2)22-33(41(63)53-37(26(4)54)42(64)65)51-40(62)32(19-20-36(58)59)50-39(61)31(13-9-14-35(56)57)49-38(60)30(12-7-8-21-46-43(45)66)48-34(55)23-27-15-17-28(18-16-27)47-44(67)52-29-11-6-5-10-25(29)3/h5-6,10-11,15-18,24,26,30-33,37,54H,7-9,12-14,19-23H2,1-4H3,(H,48,55)(H,49,60)(H,50,61)(H,51,62)(H,53,63)(H,56,57)(H,58,59)(H,64,65)(H3,45,46,66)(H2,47,52,67)/t26?,30-,31-,32+,33+,37-/m0/s1. The molecule has 2 aromatic rings. The van der Waals surface area contributed by atoms with Gasteiger partial charge in [0.15, 0.2) is 6.04 Å². The number of carboxylic acid groups (broad SMARTS) is 3. The number of aliphatic hydroxyl groups excluding tert-OH is 1. The van der Waals surface area contributed by atoms with Crippen LogP contribution in [-0.4, -0.2) is 123 Å². The minimum absolute atomic E-state index is 0.0128. The van der Waals surface area contributed by atoms with Gasteiger partial charge in [-0.25, -0.2) is 14.4 Å². The van der Waals surface area contributed by atoms with Crippen molar-refractivity contribution >= 4 is 70.9 Å². The van der Waals surface area contributed by atoms with Crippen LogP contribution in [-0.2, 0) is 44.8 Å². The van der Waals surface area contributed by atoms with Crippen LogP contribution < -0.4 is 48.3 Å². The van der Waals surface area contributed by atoms with Crippen molar-refractivity contribution in [1.82, 2.24) is 31.9 Å². The zero-order chi connectivity index (χ0) is 50.2. The first-order valence-electron chi connectivity index (χ1n) is 21.7. The summed E-state index contributed by atoms with van der Waals surface area (Å²) in [5.41, 5.74) is 7.55. The van der Waals surface area contributed by atoms with E-state index in [0.29, 0.717) is 23.4 Å². The molecule has 2 aromatic carbocycles. The van der Waals surface area contributed by atoms with Gasteiger partial charge >= 0.3 is 30.0 Å². The minimum atomic E-state index is -1.74. The molecule has 0 radical (unpaired) electrons. The first-order valence-corrected chi connectivity index (χ1v) is 21.7. The molecule has 0 aliphatic rings. The van der Waals surface area contributed by atoms with E-state index in [1.54, 1.807) is 50.2 Å². The highest BCUT2D eigenvalue weighted by Gasteiger charge is 2.34. The summed E-state index contributed by atoms with van der Waals surface area (Å²) in [4.78, 5) is 127. The quantitative estimate of drug-likeness (QED) is 0.0508. The Morgan fingerprint density at radius 2 is 1.15 bits per heavy atom. The van der Waals surface area contributed by atoms with E-state index in [4.69, 9.17) is 5.73 Å². The van der Waals surface area contributed by atoms with E-state index in [9.17, 15) is 68.4 Å². The molecule has 67 heavy (non-hydrogen) atoms. The summed E-state index contributed by atoms with van der Waals surface area (Å²) in [7, 11) is 0. The molecule has 0 aromatic heterocycles. The van der Waals surface area contributed by atoms with E-state index < -0.39 is 115 Å². The van der Waals surface area contributed by atoms with Gasteiger partial charge in [-0.1, -0.05) is 44.2 Å². The maximum absolute atomic E-state index is 13.9. The topological polar surface area (TPSA) is 374 Å². The lowest BCUT2D eigenvalue weighted by Crippen LogP contribution is -2.59. The van der Waals surface area contributed by atoms with Crippen molar-refractivity contribution in [3.8, 4) is 0 Å². The van der Waals surface area contributed by atoms with Gasteiger partial charge in [-0.2, -0.15) is 0 Å². The van der Waals surface area contributed by atoms with Gasteiger partial charge in [0.25, 0.3) is 0 Å². The number of unbranched alkanes of at least 4 members (excludes halogenated alkanes) is 1. The third-order valence-corrected chi connectivity index (χ3v) is 10.0. The Balaban J connectivity index is 2.32. The monoisotopic (exact) mass is 941 g/mol. The number of carbonyl (C=O) groups is 10. The highest BCUT2D eigenvalue weighted by Crippen LogP contribution is 2.16. The molecule has 368 valence electrons. The van der Waals surface area contributed by atoms with Gasteiger partial charge in [-0.3, -0.25) is 33.6 Å². The summed E-state index contributed by atoms with van der Waals surface area (Å²) >= 11 is 0. The van der Waals surface area contributed by atoms with Gasteiger partial charge < -0.3 is 68.7 Å². The maximum Gasteiger partial charge on any atom is 0.328 e. The van der Waals surface area contributed by atoms with Gasteiger partial charge in [0.2, 0.25) is 29.5 Å². The number of anilines is 2. The number of para-hydroxylation sites is 1. The van der Waals surface area contributed by atoms with E-state index in [2.05, 4.69) is 42.5 Å². The number of nitrogens with two attached hydrogens (primary N) is 1. The second-order valence-electron chi connectivity index (χ2n) is 16.3. The minimum Gasteiger partial charge on any atom is -0.481 e. The van der Waals surface area contributed by atoms with Crippen molar-refractivity contribution < 1.29 is 68.4 Å². The molecule has 2 rings (SSSR count). The SMILES string of the molecule is Cc1ccccc1NC(=O)Nc1ccc(CC(=O)N[C@@H](CCCCNC(N)=O)C(=O)N[C@@H](CCCC(=O)O)C(=O)N[C@H](CCC(=O)O)C(=O)N[C@H](CC(C)C)C(=O)N[C@H](C(=O)O)C(C)O)cc1. The summed E-state index contributed by atoms with van der Waals surface area (Å²) in [5, 5.41) is 58.1. The van der Waals surface area contributed by atoms with Gasteiger partial charge in [-0.15, -0.1) is 0 Å². The maximum atomic E-state index is 13.9. The molecule has 0 aliphatic heterocycles. The van der Waals surface area contributed by atoms with E-state index >= 15 is 0 Å². The van der Waals surface area contributed by atoms with Crippen LogP contribution in [0.3, 0.4) is 0 Å². The Morgan fingerprint density at radius 3 is 1.69 bits per heavy atom. The number of hydrogen-bond acceptors (Lipinski definition) is 11. The van der Waals surface area contributed by atoms with E-state index in [-0.39, 0.29) is 51.0 Å². The summed E-state index contributed by atoms with van der Waals surface area (Å²) < 4.78 is 0. The van der Waals surface area contributed by atoms with Crippen molar-refractivity contribution in [3.05, 3.63) is 59.7 Å². The number of benzene rings is 2. The van der Waals surface area contributed by atoms with Crippen LogP contribution in [0.5, 0.6) is 0 Å². The third-order valence-electron chi connectivity index (χ3n) is 10.0. The van der Waals surface area contributed by atoms with Crippen LogP contribution in [0.15, 0.2) is 48.5 Å². The Hall–Kier alpha value is -7.30. The summed E-state index contributed by atoms with van der Waals surface area (Å²) in [5.74, 6) is -8.94. The summed E-state index contributed by atoms with van der Waals surface area (Å²) in [6, 6.07) is 4.65. The molecule has 0 spiro atoms. The number of aliphatic carboxylic acids is 3. The molecular weight excluding hydrogens is 879 g/mol. The number of aryl methyl sites for hydroxylation is 1. The molecular formula is C44H63N9O14. The lowest BCUT2D eigenvalue weighted by Gasteiger charge is -2.27. The number of carbonyl (C=O) groups excluding carboxylic acids is 7. The fourth-order valence-electron chi connectivity index (χ4n) is 6.51. The van der Waals surface area contributed by atoms with E-state index in [1.807, 2.05) is 19.1 Å². The fourth-order valence-corrected chi connectivity index (χ4v) is 6.51. The van der Waals surface area contributed by atoms with Crippen LogP contribution in [0.25, 0.3) is 0 Å². The van der Waals surface area contributed by atoms with Crippen LogP contribution >= 0.6 is 0 Å². The Bertz CT molecular complexity index is 2050. The molecule has 23 nitrogen and oxygen atoms in total. The zero-order valence-electron chi connectivity index (χ0n) is 37.9. The molecule has 0 bridgehead atoms. The van der Waals surface area contributed by atoms with Gasteiger partial charge in [0.1, 0.15) is 24.2 Å². The fraction of sp³-hybridized carbons (Fsp3) is 0.500. The normalized spacial score (nSPS) is 13.5. The van der Waals surface area contributed by atoms with Crippen molar-refractivity contribution in [3.63, 3.8) is 0 Å². The highest BCUT2D eigenvalue weighted by atomic mass is 16.4. The lowest BCUT2D eigenvalue weighted by atomic mass is 10.0. The Morgan fingerprint density at radius 1 is 0.612 bits per heavy atom. The smallest absolute Gasteiger partial charge is 0.328 e. The number of rotatable bonds is 29. The predicted octanol–water partition coefficient (Wildman–Crippen LogP) is 1.08. The molecule has 9 amide bonds. The van der Waals surface area contributed by atoms with Crippen molar-refractivity contribution in [2.45, 2.75) is 128 Å². The van der Waals surface area contributed by atoms with Gasteiger partial charge in [0.05, 0.1) is 12.5 Å². The molecule has 0 saturated heterocycles. The first kappa shape index (κ1) is 55.8. The number of urea groups is 2. The van der Waals surface area contributed by atoms with Crippen LogP contribution in [0.2, 0.25) is 0 Å². The predicted molar refractivity (Wildman–Crippen MR) is 242 cm³/mol. The van der Waals surface area contributed by atoms with Gasteiger partial charge in [0, 0.05) is 30.8 Å². The number of primary amides is 1. The second kappa shape index (κ2) is 28.6. The third kappa shape index (κ3) is 22.0. The van der Waals surface area contributed by atoms with Crippen LogP contribution in [0.4, 0.5) is 21.0 Å². The molecule has 0 heterocycles. The number of aliphatic hydroxyl groups is 1. The van der Waals surface area contributed by atoms with Crippen molar-refractivity contribution in [2.75, 3.05) is 17.2 Å². The Kier molecular flexibility index (Phi) is 23.8. The van der Waals surface area contributed by atoms with Crippen LogP contribution in [0, 0.1) is 12.8 Å². The first-order chi connectivity index (χ1) is 31.6. The van der Waals surface area contributed by atoms with Crippen molar-refractivity contribution in [1.29, 1.82) is 0 Å². The zero-order valence-corrected chi connectivity index (χ0v) is 37.9. The largest absolute Gasteiger partial charge is 0.481 e. The molecule has 1 unspecified atom stereocenters. The Labute approximate surface area is 387 Å². The molecule has 0 fully saturated rings. The molecule has 0 aliphatic carbocycles. The molecule has 0 saturated carbocycles. The molecule has 14 N–H and O–H groups in total. The molecule has 6 atom stereocenters. The van der Waals surface area contributed by atoms with Crippen molar-refractivity contribution in [2.24, 2.45) is 11.7 Å². The van der Waals surface area contributed by atoms with E-state index in [1.165, 1.54) is 0 Å². The molecule has 23 heteroatoms. The lowest BCUT2D eigenvalue weighted by molar-refractivity contribution is -0.145. The number of amides is 9. The highest BCUT2D eigenvalue weighted by molar-refractivity contribution is 6.00. The summed E-state index contributed by atoms with van der Waals surface area (Å²) in [6.07, 6.45) is -3.27. The average molecular weight is 942 g/mol.